The van der Waals surface area contributed by atoms with Crippen molar-refractivity contribution in [2.75, 3.05) is 10.6 Å². The van der Waals surface area contributed by atoms with E-state index in [1.54, 1.807) is 42.5 Å². The van der Waals surface area contributed by atoms with Gasteiger partial charge in [-0.2, -0.15) is 0 Å². The number of fused-ring (bicyclic) bond motifs is 1. The van der Waals surface area contributed by atoms with Crippen LogP contribution in [0.2, 0.25) is 0 Å². The molecule has 2 N–H and O–H groups in total. The maximum Gasteiger partial charge on any atom is 0.343 e. The van der Waals surface area contributed by atoms with Crippen molar-refractivity contribution in [3.8, 4) is 5.75 Å². The van der Waals surface area contributed by atoms with Crippen LogP contribution in [0.25, 0.3) is 0 Å². The Morgan fingerprint density at radius 1 is 1.16 bits per heavy atom. The van der Waals surface area contributed by atoms with Crippen molar-refractivity contribution in [3.05, 3.63) is 48.0 Å². The van der Waals surface area contributed by atoms with Crippen LogP contribution in [0.3, 0.4) is 0 Å². The van der Waals surface area contributed by atoms with E-state index in [0.29, 0.717) is 22.7 Å². The quantitative estimate of drug-likeness (QED) is 0.651. The Bertz CT molecular complexity index is 849. The number of hydrogen-bond acceptors (Lipinski definition) is 5. The van der Waals surface area contributed by atoms with Crippen LogP contribution in [0.15, 0.2) is 47.4 Å². The van der Waals surface area contributed by atoms with Crippen molar-refractivity contribution >= 4 is 40.9 Å². The lowest BCUT2D eigenvalue weighted by atomic mass is 10.2. The van der Waals surface area contributed by atoms with Crippen LogP contribution in [0.1, 0.15) is 24.2 Å². The highest BCUT2D eigenvalue weighted by molar-refractivity contribution is 8.00. The normalized spacial score (nSPS) is 15.8. The van der Waals surface area contributed by atoms with Crippen molar-refractivity contribution < 1.29 is 19.1 Å². The Hall–Kier alpha value is -2.80. The van der Waals surface area contributed by atoms with E-state index in [1.807, 2.05) is 6.92 Å². The van der Waals surface area contributed by atoms with E-state index in [4.69, 9.17) is 4.74 Å². The third-order valence-corrected chi connectivity index (χ3v) is 4.71. The number of ether oxygens (including phenoxy) is 1. The summed E-state index contributed by atoms with van der Waals surface area (Å²) >= 11 is 1.45. The first kappa shape index (κ1) is 17.0. The van der Waals surface area contributed by atoms with Crippen LogP contribution >= 0.6 is 11.8 Å². The molecular formula is C18H16N2O4S. The number of thioether (sulfide) groups is 1. The number of anilines is 2. The monoisotopic (exact) mass is 356 g/mol. The molecule has 1 heterocycles. The van der Waals surface area contributed by atoms with Gasteiger partial charge in [0.2, 0.25) is 11.8 Å². The van der Waals surface area contributed by atoms with Crippen LogP contribution in [-0.4, -0.2) is 23.0 Å². The first-order chi connectivity index (χ1) is 11.9. The summed E-state index contributed by atoms with van der Waals surface area (Å²) in [7, 11) is 0. The van der Waals surface area contributed by atoms with Crippen molar-refractivity contribution in [2.24, 2.45) is 0 Å². The molecule has 2 amide bonds. The predicted molar refractivity (Wildman–Crippen MR) is 96.1 cm³/mol. The minimum atomic E-state index is -0.520. The third kappa shape index (κ3) is 4.00. The molecule has 0 saturated heterocycles. The summed E-state index contributed by atoms with van der Waals surface area (Å²) in [6, 6.07) is 11.6. The van der Waals surface area contributed by atoms with E-state index in [-0.39, 0.29) is 17.1 Å². The molecule has 1 aliphatic heterocycles. The van der Waals surface area contributed by atoms with Gasteiger partial charge >= 0.3 is 5.97 Å². The number of rotatable bonds is 3. The second-order valence-corrected chi connectivity index (χ2v) is 6.94. The molecule has 2 aromatic carbocycles. The molecular weight excluding hydrogens is 340 g/mol. The molecule has 3 rings (SSSR count). The fourth-order valence-electron chi connectivity index (χ4n) is 2.31. The summed E-state index contributed by atoms with van der Waals surface area (Å²) in [4.78, 5) is 36.0. The van der Waals surface area contributed by atoms with Crippen molar-refractivity contribution in [1.29, 1.82) is 0 Å². The Morgan fingerprint density at radius 2 is 1.88 bits per heavy atom. The zero-order valence-corrected chi connectivity index (χ0v) is 14.5. The molecule has 0 aliphatic carbocycles. The first-order valence-electron chi connectivity index (χ1n) is 7.64. The van der Waals surface area contributed by atoms with Gasteiger partial charge in [0.25, 0.3) is 0 Å². The van der Waals surface area contributed by atoms with Crippen LogP contribution in [-0.2, 0) is 9.59 Å². The number of amides is 2. The van der Waals surface area contributed by atoms with Crippen LogP contribution in [0.5, 0.6) is 5.75 Å². The standard InChI is InChI=1S/C18H16N2O4S/c1-10-17(22)20-15-9-12(3-8-16(15)25-10)18(23)24-14-6-4-13(5-7-14)19-11(2)21/h3-10H,1-2H3,(H,19,21)(H,20,22)/t10-/m0/s1. The van der Waals surface area contributed by atoms with Crippen LogP contribution in [0.4, 0.5) is 11.4 Å². The lowest BCUT2D eigenvalue weighted by Gasteiger charge is -2.21. The highest BCUT2D eigenvalue weighted by Crippen LogP contribution is 2.36. The molecule has 0 fully saturated rings. The summed E-state index contributed by atoms with van der Waals surface area (Å²) in [6.07, 6.45) is 0. The topological polar surface area (TPSA) is 84.5 Å². The largest absolute Gasteiger partial charge is 0.423 e. The van der Waals surface area contributed by atoms with Crippen molar-refractivity contribution in [3.63, 3.8) is 0 Å². The Balaban J connectivity index is 1.72. The smallest absolute Gasteiger partial charge is 0.343 e. The van der Waals surface area contributed by atoms with E-state index < -0.39 is 5.97 Å². The van der Waals surface area contributed by atoms with Gasteiger partial charge in [-0.05, 0) is 49.4 Å². The van der Waals surface area contributed by atoms with Gasteiger partial charge < -0.3 is 15.4 Å². The fourth-order valence-corrected chi connectivity index (χ4v) is 3.24. The minimum Gasteiger partial charge on any atom is -0.423 e. The third-order valence-electron chi connectivity index (χ3n) is 3.53. The Labute approximate surface area is 148 Å². The molecule has 6 nitrogen and oxygen atoms in total. The average Bonchev–Trinajstić information content (AvgIpc) is 2.57. The Morgan fingerprint density at radius 3 is 2.56 bits per heavy atom. The second kappa shape index (κ2) is 6.98. The molecule has 1 atom stereocenters. The second-order valence-electron chi connectivity index (χ2n) is 5.56. The zero-order chi connectivity index (χ0) is 18.0. The van der Waals surface area contributed by atoms with Crippen molar-refractivity contribution in [2.45, 2.75) is 24.0 Å². The number of hydrogen-bond donors (Lipinski definition) is 2. The lowest BCUT2D eigenvalue weighted by molar-refractivity contribution is -0.115. The van der Waals surface area contributed by atoms with Gasteiger partial charge in [-0.15, -0.1) is 11.8 Å². The van der Waals surface area contributed by atoms with E-state index in [0.717, 1.165) is 4.90 Å². The SMILES string of the molecule is CC(=O)Nc1ccc(OC(=O)c2ccc3c(c2)NC(=O)[C@H](C)S3)cc1. The predicted octanol–water partition coefficient (Wildman–Crippen LogP) is 3.30. The van der Waals surface area contributed by atoms with E-state index in [9.17, 15) is 14.4 Å². The number of benzene rings is 2. The number of nitrogens with one attached hydrogen (secondary N) is 2. The molecule has 0 radical (unpaired) electrons. The van der Waals surface area contributed by atoms with Gasteiger partial charge in [-0.25, -0.2) is 4.79 Å². The molecule has 25 heavy (non-hydrogen) atoms. The van der Waals surface area contributed by atoms with Gasteiger partial charge in [0.15, 0.2) is 0 Å². The molecule has 7 heteroatoms. The molecule has 0 aromatic heterocycles. The summed E-state index contributed by atoms with van der Waals surface area (Å²) in [5.41, 5.74) is 1.58. The zero-order valence-electron chi connectivity index (χ0n) is 13.7. The van der Waals surface area contributed by atoms with Gasteiger partial charge in [0.05, 0.1) is 16.5 Å². The highest BCUT2D eigenvalue weighted by atomic mass is 32.2. The molecule has 0 spiro atoms. The maximum atomic E-state index is 12.3. The summed E-state index contributed by atoms with van der Waals surface area (Å²) in [5, 5.41) is 5.26. The lowest BCUT2D eigenvalue weighted by Crippen LogP contribution is -2.26. The average molecular weight is 356 g/mol. The molecule has 0 unspecified atom stereocenters. The van der Waals surface area contributed by atoms with Gasteiger partial charge in [0, 0.05) is 17.5 Å². The van der Waals surface area contributed by atoms with Crippen LogP contribution in [0, 0.1) is 0 Å². The number of esters is 1. The van der Waals surface area contributed by atoms with Crippen LogP contribution < -0.4 is 15.4 Å². The molecule has 2 aromatic rings. The summed E-state index contributed by atoms with van der Waals surface area (Å²) in [5.74, 6) is -0.415. The number of carbonyl (C=O) groups excluding carboxylic acids is 3. The molecule has 128 valence electrons. The molecule has 0 saturated carbocycles. The van der Waals surface area contributed by atoms with E-state index in [1.165, 1.54) is 18.7 Å². The summed E-state index contributed by atoms with van der Waals surface area (Å²) < 4.78 is 5.33. The van der Waals surface area contributed by atoms with Gasteiger partial charge in [-0.1, -0.05) is 0 Å². The maximum absolute atomic E-state index is 12.3. The highest BCUT2D eigenvalue weighted by Gasteiger charge is 2.24. The summed E-state index contributed by atoms with van der Waals surface area (Å²) in [6.45, 7) is 3.25. The van der Waals surface area contributed by atoms with E-state index in [2.05, 4.69) is 10.6 Å². The first-order valence-corrected chi connectivity index (χ1v) is 8.52. The van der Waals surface area contributed by atoms with E-state index >= 15 is 0 Å². The Kier molecular flexibility index (Phi) is 4.76. The fraction of sp³-hybridized carbons (Fsp3) is 0.167. The number of carbonyl (C=O) groups is 3. The van der Waals surface area contributed by atoms with Gasteiger partial charge in [0.1, 0.15) is 5.75 Å². The van der Waals surface area contributed by atoms with Gasteiger partial charge in [-0.3, -0.25) is 9.59 Å². The molecule has 0 bridgehead atoms. The minimum absolute atomic E-state index is 0.0865. The van der Waals surface area contributed by atoms with Crippen molar-refractivity contribution in [1.82, 2.24) is 0 Å². The molecule has 1 aliphatic rings.